The minimum Gasteiger partial charge on any atom is -0.454 e. The van der Waals surface area contributed by atoms with Crippen molar-refractivity contribution >= 4 is 34.6 Å². The van der Waals surface area contributed by atoms with Crippen LogP contribution < -0.4 is 14.9 Å². The molecule has 5 rings (SSSR count). The van der Waals surface area contributed by atoms with E-state index in [0.717, 1.165) is 32.6 Å². The summed E-state index contributed by atoms with van der Waals surface area (Å²) in [6, 6.07) is 21.4. The smallest absolute Gasteiger partial charge is 0.244 e. The average Bonchev–Trinajstić information content (AvgIpc) is 3.40. The Bertz CT molecular complexity index is 1310. The fourth-order valence-corrected chi connectivity index (χ4v) is 3.87. The van der Waals surface area contributed by atoms with Gasteiger partial charge in [0, 0.05) is 34.2 Å². The van der Waals surface area contributed by atoms with Crippen LogP contribution in [0.25, 0.3) is 10.9 Å². The molecule has 0 aliphatic carbocycles. The van der Waals surface area contributed by atoms with Gasteiger partial charge in [-0.05, 0) is 41.5 Å². The maximum absolute atomic E-state index is 12.3. The summed E-state index contributed by atoms with van der Waals surface area (Å²) in [7, 11) is 0. The Labute approximate surface area is 190 Å². The fourth-order valence-electron chi connectivity index (χ4n) is 3.75. The molecule has 160 valence electrons. The van der Waals surface area contributed by atoms with Crippen molar-refractivity contribution < 1.29 is 14.3 Å². The van der Waals surface area contributed by atoms with Gasteiger partial charge in [-0.15, -0.1) is 0 Å². The topological polar surface area (TPSA) is 64.8 Å². The second kappa shape index (κ2) is 8.77. The Balaban J connectivity index is 1.29. The van der Waals surface area contributed by atoms with Gasteiger partial charge in [-0.3, -0.25) is 4.79 Å². The van der Waals surface area contributed by atoms with E-state index in [9.17, 15) is 4.79 Å². The van der Waals surface area contributed by atoms with E-state index in [1.807, 2.05) is 66.9 Å². The van der Waals surface area contributed by atoms with Crippen molar-refractivity contribution in [2.24, 2.45) is 5.10 Å². The Hall–Kier alpha value is -3.77. The zero-order chi connectivity index (χ0) is 21.9. The van der Waals surface area contributed by atoms with Gasteiger partial charge in [-0.25, -0.2) is 5.43 Å². The molecule has 0 bridgehead atoms. The van der Waals surface area contributed by atoms with Crippen molar-refractivity contribution in [3.8, 4) is 11.5 Å². The monoisotopic (exact) mass is 445 g/mol. The first-order valence-electron chi connectivity index (χ1n) is 10.2. The van der Waals surface area contributed by atoms with Crippen LogP contribution in [0.3, 0.4) is 0 Å². The molecule has 0 saturated carbocycles. The molecule has 6 nitrogen and oxygen atoms in total. The Morgan fingerprint density at radius 3 is 2.69 bits per heavy atom. The summed E-state index contributed by atoms with van der Waals surface area (Å²) in [6.07, 6.45) is 3.91. The largest absolute Gasteiger partial charge is 0.454 e. The third-order valence-corrected chi connectivity index (χ3v) is 5.53. The quantitative estimate of drug-likeness (QED) is 0.343. The highest BCUT2D eigenvalue weighted by Gasteiger charge is 2.14. The summed E-state index contributed by atoms with van der Waals surface area (Å²) in [5.41, 5.74) is 6.62. The van der Waals surface area contributed by atoms with E-state index in [4.69, 9.17) is 21.1 Å². The summed E-state index contributed by atoms with van der Waals surface area (Å²) in [6.45, 7) is 0.920. The summed E-state index contributed by atoms with van der Waals surface area (Å²) in [4.78, 5) is 12.3. The van der Waals surface area contributed by atoms with Gasteiger partial charge >= 0.3 is 0 Å². The van der Waals surface area contributed by atoms with Crippen molar-refractivity contribution in [1.29, 1.82) is 0 Å². The summed E-state index contributed by atoms with van der Waals surface area (Å²) in [5, 5.41) is 5.96. The highest BCUT2D eigenvalue weighted by Crippen LogP contribution is 2.32. The predicted octanol–water partition coefficient (Wildman–Crippen LogP) is 4.76. The van der Waals surface area contributed by atoms with Crippen LogP contribution in [0.1, 0.15) is 16.7 Å². The lowest BCUT2D eigenvalue weighted by Gasteiger charge is -2.05. The molecule has 4 aromatic rings. The fraction of sp³-hybridized carbons (Fsp3) is 0.120. The lowest BCUT2D eigenvalue weighted by Crippen LogP contribution is -2.19. The molecule has 0 atom stereocenters. The summed E-state index contributed by atoms with van der Waals surface area (Å²) < 4.78 is 12.8. The van der Waals surface area contributed by atoms with Crippen LogP contribution in [0.4, 0.5) is 0 Å². The van der Waals surface area contributed by atoms with Crippen molar-refractivity contribution in [2.45, 2.75) is 13.0 Å². The van der Waals surface area contributed by atoms with E-state index < -0.39 is 0 Å². The Morgan fingerprint density at radius 2 is 1.81 bits per heavy atom. The van der Waals surface area contributed by atoms with Crippen LogP contribution in [0.15, 0.2) is 78.0 Å². The Morgan fingerprint density at radius 1 is 1.03 bits per heavy atom. The van der Waals surface area contributed by atoms with Crippen LogP contribution in [0.5, 0.6) is 11.5 Å². The number of hydrazone groups is 1. The van der Waals surface area contributed by atoms with Gasteiger partial charge in [0.15, 0.2) is 11.5 Å². The zero-order valence-corrected chi connectivity index (χ0v) is 17.9. The minimum atomic E-state index is -0.204. The van der Waals surface area contributed by atoms with Gasteiger partial charge in [0.1, 0.15) is 0 Å². The van der Waals surface area contributed by atoms with Crippen molar-refractivity contribution in [3.05, 3.63) is 94.6 Å². The molecule has 0 radical (unpaired) electrons. The van der Waals surface area contributed by atoms with Gasteiger partial charge in [0.25, 0.3) is 0 Å². The first-order chi connectivity index (χ1) is 15.7. The summed E-state index contributed by atoms with van der Waals surface area (Å²) in [5.74, 6) is 1.15. The number of amides is 1. The number of hydrogen-bond acceptors (Lipinski definition) is 4. The van der Waals surface area contributed by atoms with Crippen LogP contribution in [0, 0.1) is 0 Å². The molecule has 0 saturated heterocycles. The third kappa shape index (κ3) is 4.31. The molecular weight excluding hydrogens is 426 g/mol. The lowest BCUT2D eigenvalue weighted by atomic mass is 10.1. The Kier molecular flexibility index (Phi) is 5.52. The number of hydrogen-bond donors (Lipinski definition) is 1. The molecule has 0 unspecified atom stereocenters. The number of ether oxygens (including phenoxy) is 2. The van der Waals surface area contributed by atoms with E-state index in [-0.39, 0.29) is 19.1 Å². The van der Waals surface area contributed by atoms with Gasteiger partial charge in [-0.2, -0.15) is 5.10 Å². The molecule has 0 fully saturated rings. The molecular formula is C25H20ClN3O3. The number of carbonyl (C=O) groups is 1. The van der Waals surface area contributed by atoms with E-state index in [2.05, 4.69) is 21.2 Å². The van der Waals surface area contributed by atoms with Crippen LogP contribution in [-0.4, -0.2) is 23.5 Å². The molecule has 0 spiro atoms. The van der Waals surface area contributed by atoms with E-state index in [0.29, 0.717) is 18.0 Å². The van der Waals surface area contributed by atoms with Crippen LogP contribution in [-0.2, 0) is 17.8 Å². The second-order valence-electron chi connectivity index (χ2n) is 7.51. The minimum absolute atomic E-state index is 0.201. The number of fused-ring (bicyclic) bond motifs is 2. The van der Waals surface area contributed by atoms with Crippen molar-refractivity contribution in [1.82, 2.24) is 9.99 Å². The van der Waals surface area contributed by atoms with Gasteiger partial charge in [-0.1, -0.05) is 48.0 Å². The van der Waals surface area contributed by atoms with Gasteiger partial charge in [0.2, 0.25) is 12.7 Å². The maximum Gasteiger partial charge on any atom is 0.244 e. The van der Waals surface area contributed by atoms with Gasteiger partial charge in [0.05, 0.1) is 12.6 Å². The number of carbonyl (C=O) groups excluding carboxylic acids is 1. The van der Waals surface area contributed by atoms with Gasteiger partial charge < -0.3 is 14.0 Å². The average molecular weight is 446 g/mol. The molecule has 1 aromatic heterocycles. The van der Waals surface area contributed by atoms with Crippen molar-refractivity contribution in [2.75, 3.05) is 6.79 Å². The first-order valence-corrected chi connectivity index (χ1v) is 10.6. The zero-order valence-electron chi connectivity index (χ0n) is 17.1. The SMILES string of the molecule is O=C(Cc1ccc2c(c1)OCO2)N/N=C\c1cn(Cc2ccc(Cl)cc2)c2ccccc12. The second-order valence-corrected chi connectivity index (χ2v) is 7.95. The normalized spacial score (nSPS) is 12.5. The first kappa shape index (κ1) is 20.2. The van der Waals surface area contributed by atoms with Crippen LogP contribution >= 0.6 is 11.6 Å². The molecule has 1 amide bonds. The summed E-state index contributed by atoms with van der Waals surface area (Å²) >= 11 is 6.00. The standard InChI is InChI=1S/C25H20ClN3O3/c26-20-8-5-17(6-9-20)14-29-15-19(21-3-1-2-4-22(21)29)13-27-28-25(30)12-18-7-10-23-24(11-18)32-16-31-23/h1-11,13,15H,12,14,16H2,(H,28,30)/b27-13-. The molecule has 7 heteroatoms. The lowest BCUT2D eigenvalue weighted by molar-refractivity contribution is -0.120. The van der Waals surface area contributed by atoms with Crippen LogP contribution in [0.2, 0.25) is 5.02 Å². The number of benzene rings is 3. The number of halogens is 1. The molecule has 1 N–H and O–H groups in total. The predicted molar refractivity (Wildman–Crippen MR) is 124 cm³/mol. The molecule has 1 aliphatic rings. The number of para-hydroxylation sites is 1. The molecule has 32 heavy (non-hydrogen) atoms. The number of rotatable bonds is 6. The molecule has 2 heterocycles. The number of aromatic nitrogens is 1. The third-order valence-electron chi connectivity index (χ3n) is 5.28. The number of nitrogens with one attached hydrogen (secondary N) is 1. The van der Waals surface area contributed by atoms with E-state index in [1.165, 1.54) is 0 Å². The maximum atomic E-state index is 12.3. The highest BCUT2D eigenvalue weighted by molar-refractivity contribution is 6.30. The highest BCUT2D eigenvalue weighted by atomic mass is 35.5. The number of nitrogens with zero attached hydrogens (tertiary/aromatic N) is 2. The van der Waals surface area contributed by atoms with E-state index in [1.54, 1.807) is 6.21 Å². The molecule has 3 aromatic carbocycles. The van der Waals surface area contributed by atoms with Crippen molar-refractivity contribution in [3.63, 3.8) is 0 Å². The van der Waals surface area contributed by atoms with E-state index >= 15 is 0 Å². The molecule has 1 aliphatic heterocycles.